The maximum absolute atomic E-state index is 12.3. The Bertz CT molecular complexity index is 554. The summed E-state index contributed by atoms with van der Waals surface area (Å²) in [6.45, 7) is 6.47. The lowest BCUT2D eigenvalue weighted by atomic mass is 9.79. The minimum absolute atomic E-state index is 0.0480. The van der Waals surface area contributed by atoms with Crippen molar-refractivity contribution < 1.29 is 14.7 Å². The van der Waals surface area contributed by atoms with Crippen LogP contribution in [0.2, 0.25) is 0 Å². The monoisotopic (exact) mass is 321 g/mol. The fourth-order valence-electron chi connectivity index (χ4n) is 3.12. The van der Waals surface area contributed by atoms with Gasteiger partial charge in [0.1, 0.15) is 5.92 Å². The fraction of sp³-hybridized carbons (Fsp3) is 0.706. The van der Waals surface area contributed by atoms with Crippen LogP contribution in [0.25, 0.3) is 0 Å². The number of carbonyl (C=O) groups is 2. The molecule has 6 heteroatoms. The number of aromatic amines is 1. The van der Waals surface area contributed by atoms with E-state index >= 15 is 0 Å². The van der Waals surface area contributed by atoms with Gasteiger partial charge in [0.05, 0.1) is 17.9 Å². The van der Waals surface area contributed by atoms with Crippen LogP contribution < -0.4 is 5.32 Å². The predicted octanol–water partition coefficient (Wildman–Crippen LogP) is 2.60. The van der Waals surface area contributed by atoms with Crippen molar-refractivity contribution in [3.8, 4) is 0 Å². The number of carbonyl (C=O) groups excluding carboxylic acids is 1. The number of carboxylic acid groups (broad SMARTS) is 1. The first-order chi connectivity index (χ1) is 10.8. The molecule has 0 aliphatic heterocycles. The van der Waals surface area contributed by atoms with Crippen LogP contribution in [0.15, 0.2) is 6.07 Å². The standard InChI is InChI=1S/C17H27N3O3/c1-17(2,3)13-9-12(19-20-13)10-18-15(21)14(16(22)23)11-7-5-4-6-8-11/h9,11,14H,4-8,10H2,1-3H3,(H,18,21)(H,19,20)(H,22,23). The van der Waals surface area contributed by atoms with Crippen LogP contribution in [0, 0.1) is 11.8 Å². The molecule has 1 atom stereocenters. The zero-order valence-electron chi connectivity index (χ0n) is 14.2. The van der Waals surface area contributed by atoms with Crippen LogP contribution in [-0.2, 0) is 21.5 Å². The van der Waals surface area contributed by atoms with Gasteiger partial charge in [-0.25, -0.2) is 0 Å². The zero-order valence-corrected chi connectivity index (χ0v) is 14.2. The quantitative estimate of drug-likeness (QED) is 0.726. The normalized spacial score (nSPS) is 17.7. The second-order valence-electron chi connectivity index (χ2n) is 7.46. The van der Waals surface area contributed by atoms with Gasteiger partial charge in [-0.15, -0.1) is 0 Å². The molecule has 0 aromatic carbocycles. The smallest absolute Gasteiger partial charge is 0.316 e. The molecule has 1 aromatic heterocycles. The first-order valence-electron chi connectivity index (χ1n) is 8.34. The van der Waals surface area contributed by atoms with E-state index in [1.165, 1.54) is 0 Å². The Kier molecular flexibility index (Phi) is 5.44. The molecule has 0 radical (unpaired) electrons. The molecule has 2 rings (SSSR count). The lowest BCUT2D eigenvalue weighted by Gasteiger charge is -2.26. The van der Waals surface area contributed by atoms with Crippen molar-refractivity contribution in [1.82, 2.24) is 15.5 Å². The summed E-state index contributed by atoms with van der Waals surface area (Å²) in [5.41, 5.74) is 1.64. The lowest BCUT2D eigenvalue weighted by molar-refractivity contribution is -0.150. The van der Waals surface area contributed by atoms with Crippen LogP contribution in [0.1, 0.15) is 64.3 Å². The number of aromatic nitrogens is 2. The summed E-state index contributed by atoms with van der Waals surface area (Å²) < 4.78 is 0. The van der Waals surface area contributed by atoms with Gasteiger partial charge >= 0.3 is 5.97 Å². The van der Waals surface area contributed by atoms with Gasteiger partial charge in [-0.3, -0.25) is 14.7 Å². The Morgan fingerprint density at radius 1 is 1.35 bits per heavy atom. The van der Waals surface area contributed by atoms with E-state index in [9.17, 15) is 14.7 Å². The van der Waals surface area contributed by atoms with E-state index in [1.807, 2.05) is 6.07 Å². The van der Waals surface area contributed by atoms with Gasteiger partial charge in [-0.1, -0.05) is 40.0 Å². The molecule has 3 N–H and O–H groups in total. The van der Waals surface area contributed by atoms with Crippen LogP contribution >= 0.6 is 0 Å². The van der Waals surface area contributed by atoms with E-state index in [-0.39, 0.29) is 17.9 Å². The van der Waals surface area contributed by atoms with Gasteiger partial charge in [0.25, 0.3) is 0 Å². The first-order valence-corrected chi connectivity index (χ1v) is 8.34. The summed E-state index contributed by atoms with van der Waals surface area (Å²) in [5.74, 6) is -2.40. The number of amides is 1. The summed E-state index contributed by atoms with van der Waals surface area (Å²) in [5, 5.41) is 19.3. The molecule has 1 heterocycles. The third kappa shape index (κ3) is 4.56. The second kappa shape index (κ2) is 7.15. The van der Waals surface area contributed by atoms with Gasteiger partial charge in [-0.05, 0) is 24.8 Å². The maximum Gasteiger partial charge on any atom is 0.316 e. The van der Waals surface area contributed by atoms with Crippen molar-refractivity contribution in [2.75, 3.05) is 0 Å². The molecule has 1 amide bonds. The van der Waals surface area contributed by atoms with E-state index in [1.54, 1.807) is 0 Å². The minimum atomic E-state index is -1.02. The number of nitrogens with one attached hydrogen (secondary N) is 2. The minimum Gasteiger partial charge on any atom is -0.481 e. The van der Waals surface area contributed by atoms with Crippen LogP contribution in [0.3, 0.4) is 0 Å². The number of nitrogens with zero attached hydrogens (tertiary/aromatic N) is 1. The Balaban J connectivity index is 1.96. The van der Waals surface area contributed by atoms with Crippen molar-refractivity contribution >= 4 is 11.9 Å². The van der Waals surface area contributed by atoms with Gasteiger partial charge in [0, 0.05) is 5.41 Å². The predicted molar refractivity (Wildman–Crippen MR) is 86.8 cm³/mol. The highest BCUT2D eigenvalue weighted by Crippen LogP contribution is 2.30. The first kappa shape index (κ1) is 17.5. The molecule has 1 aliphatic rings. The molecule has 1 saturated carbocycles. The average Bonchev–Trinajstić information content (AvgIpc) is 2.95. The van der Waals surface area contributed by atoms with E-state index in [0.717, 1.165) is 43.5 Å². The molecule has 6 nitrogen and oxygen atoms in total. The van der Waals surface area contributed by atoms with E-state index in [4.69, 9.17) is 0 Å². The number of rotatable bonds is 5. The highest BCUT2D eigenvalue weighted by Gasteiger charge is 2.35. The van der Waals surface area contributed by atoms with Crippen molar-refractivity contribution in [3.63, 3.8) is 0 Å². The number of aliphatic carboxylic acids is 1. The van der Waals surface area contributed by atoms with Crippen LogP contribution in [0.4, 0.5) is 0 Å². The van der Waals surface area contributed by atoms with Crippen LogP contribution in [0.5, 0.6) is 0 Å². The van der Waals surface area contributed by atoms with Crippen molar-refractivity contribution in [2.24, 2.45) is 11.8 Å². The Hall–Kier alpha value is -1.85. The molecule has 0 bridgehead atoms. The third-order valence-corrected chi connectivity index (χ3v) is 4.52. The largest absolute Gasteiger partial charge is 0.481 e. The number of H-pyrrole nitrogens is 1. The van der Waals surface area contributed by atoms with E-state index < -0.39 is 17.8 Å². The van der Waals surface area contributed by atoms with E-state index in [0.29, 0.717) is 0 Å². The average molecular weight is 321 g/mol. The molecule has 1 aliphatic carbocycles. The lowest BCUT2D eigenvalue weighted by Crippen LogP contribution is -2.40. The fourth-order valence-corrected chi connectivity index (χ4v) is 3.12. The maximum atomic E-state index is 12.3. The summed E-state index contributed by atoms with van der Waals surface area (Å²) in [6, 6.07) is 1.91. The molecule has 1 fully saturated rings. The molecular weight excluding hydrogens is 294 g/mol. The molecule has 128 valence electrons. The summed E-state index contributed by atoms with van der Waals surface area (Å²) in [6.07, 6.45) is 4.80. The number of hydrogen-bond acceptors (Lipinski definition) is 3. The Morgan fingerprint density at radius 2 is 2.00 bits per heavy atom. The number of hydrogen-bond donors (Lipinski definition) is 3. The molecule has 1 aromatic rings. The summed E-state index contributed by atoms with van der Waals surface area (Å²) in [4.78, 5) is 23.8. The Morgan fingerprint density at radius 3 is 2.52 bits per heavy atom. The number of carboxylic acids is 1. The van der Waals surface area contributed by atoms with Gasteiger partial charge in [0.2, 0.25) is 5.91 Å². The van der Waals surface area contributed by atoms with Crippen LogP contribution in [-0.4, -0.2) is 27.2 Å². The second-order valence-corrected chi connectivity index (χ2v) is 7.46. The molecule has 0 saturated heterocycles. The van der Waals surface area contributed by atoms with Gasteiger partial charge < -0.3 is 10.4 Å². The Labute approximate surface area is 137 Å². The van der Waals surface area contributed by atoms with Gasteiger partial charge in [-0.2, -0.15) is 5.10 Å². The highest BCUT2D eigenvalue weighted by atomic mass is 16.4. The van der Waals surface area contributed by atoms with Crippen molar-refractivity contribution in [1.29, 1.82) is 0 Å². The van der Waals surface area contributed by atoms with Crippen molar-refractivity contribution in [3.05, 3.63) is 17.5 Å². The summed E-state index contributed by atoms with van der Waals surface area (Å²) in [7, 11) is 0. The van der Waals surface area contributed by atoms with Crippen molar-refractivity contribution in [2.45, 2.75) is 64.8 Å². The molecule has 0 spiro atoms. The molecule has 1 unspecified atom stereocenters. The molecule has 23 heavy (non-hydrogen) atoms. The molecular formula is C17H27N3O3. The topological polar surface area (TPSA) is 95.1 Å². The SMILES string of the molecule is CC(C)(C)c1cc(CNC(=O)C(C(=O)O)C2CCCCC2)[nH]n1. The highest BCUT2D eigenvalue weighted by molar-refractivity contribution is 5.97. The zero-order chi connectivity index (χ0) is 17.0. The van der Waals surface area contributed by atoms with Gasteiger partial charge in [0.15, 0.2) is 0 Å². The third-order valence-electron chi connectivity index (χ3n) is 4.52. The summed E-state index contributed by atoms with van der Waals surface area (Å²) >= 11 is 0. The van der Waals surface area contributed by atoms with E-state index in [2.05, 4.69) is 36.3 Å².